The van der Waals surface area contributed by atoms with Gasteiger partial charge in [-0.2, -0.15) is 0 Å². The van der Waals surface area contributed by atoms with Crippen LogP contribution in [0.1, 0.15) is 104 Å². The number of aromatic nitrogens is 1. The molecule has 81 heavy (non-hydrogen) atoms. The number of nitrogens with zero attached hydrogens (tertiary/aromatic N) is 4. The Balaban J connectivity index is 1.34. The van der Waals surface area contributed by atoms with Gasteiger partial charge in [-0.1, -0.05) is 12.5 Å². The minimum atomic E-state index is -3.20. The smallest absolute Gasteiger partial charge is 0.332 e. The van der Waals surface area contributed by atoms with Gasteiger partial charge < -0.3 is 75.9 Å². The van der Waals surface area contributed by atoms with Gasteiger partial charge in [0, 0.05) is 55.6 Å². The summed E-state index contributed by atoms with van der Waals surface area (Å²) in [5.74, 6) is -13.7. The van der Waals surface area contributed by atoms with E-state index < -0.39 is 137 Å². The van der Waals surface area contributed by atoms with Crippen LogP contribution in [0.4, 0.5) is 0 Å². The Labute approximate surface area is 472 Å². The molecule has 5 aliphatic rings. The third-order valence-electron chi connectivity index (χ3n) is 16.5. The SMILES string of the molecule is NC(N)=NCCC[C@@H](N)C(=O)N[C@@H](CCCN=C(N)N)C(=O)N1CCC[C@H]1C(=O)C1CCC[C@@H]2N[C@](C(=O)O)(C(=O)[C@H](CO)NC(=O)[C@@H](N)Cc3cccs3)C(C(=O)c3nccc4c3CCCC4)[C@@]12C(=O)CNC(=O)[C@@H]1CC(O)CN1. The number of nitrogens with one attached hydrogen (secondary N) is 5. The predicted molar refractivity (Wildman–Crippen MR) is 296 cm³/mol. The average molecular weight is 1150 g/mol. The lowest BCUT2D eigenvalue weighted by Gasteiger charge is -2.48. The third kappa shape index (κ3) is 13.4. The van der Waals surface area contributed by atoms with E-state index in [2.05, 4.69) is 41.6 Å². The number of carbonyl (C=O) groups is 9. The Morgan fingerprint density at radius 1 is 0.864 bits per heavy atom. The summed E-state index contributed by atoms with van der Waals surface area (Å²) in [6.07, 6.45) is 3.36. The molecular weight excluding hydrogens is 1070 g/mol. The number of hydrogen-bond acceptors (Lipinski definition) is 19. The molecule has 5 heterocycles. The van der Waals surface area contributed by atoms with Crippen LogP contribution in [-0.4, -0.2) is 183 Å². The molecule has 4 fully saturated rings. The van der Waals surface area contributed by atoms with Crippen LogP contribution in [0.15, 0.2) is 39.8 Å². The van der Waals surface area contributed by atoms with E-state index >= 15 is 24.0 Å². The topological polar surface area (TPSA) is 471 Å². The molecule has 20 N–H and O–H groups in total. The molecule has 27 nitrogen and oxygen atoms in total. The Morgan fingerprint density at radius 3 is 2.21 bits per heavy atom. The van der Waals surface area contributed by atoms with Crippen LogP contribution in [0.5, 0.6) is 0 Å². The number of thiophene rings is 1. The number of carbonyl (C=O) groups excluding carboxylic acids is 8. The van der Waals surface area contributed by atoms with Crippen molar-refractivity contribution in [2.24, 2.45) is 61.6 Å². The molecule has 2 aromatic rings. The first-order chi connectivity index (χ1) is 38.7. The number of amides is 4. The minimum Gasteiger partial charge on any atom is -0.480 e. The second-order valence-corrected chi connectivity index (χ2v) is 22.7. The lowest BCUT2D eigenvalue weighted by Crippen LogP contribution is -2.68. The molecule has 2 aliphatic carbocycles. The van der Waals surface area contributed by atoms with Gasteiger partial charge in [-0.25, -0.2) is 4.79 Å². The number of guanidine groups is 2. The van der Waals surface area contributed by atoms with Gasteiger partial charge in [0.1, 0.15) is 17.8 Å². The van der Waals surface area contributed by atoms with Crippen molar-refractivity contribution in [3.8, 4) is 0 Å². The molecule has 3 aliphatic heterocycles. The van der Waals surface area contributed by atoms with E-state index in [0.717, 1.165) is 12.0 Å². The second-order valence-electron chi connectivity index (χ2n) is 21.7. The molecule has 442 valence electrons. The molecule has 12 atom stereocenters. The Kier molecular flexibility index (Phi) is 20.8. The lowest BCUT2D eigenvalue weighted by molar-refractivity contribution is -0.157. The van der Waals surface area contributed by atoms with Crippen LogP contribution >= 0.6 is 11.3 Å². The Bertz CT molecular complexity index is 2740. The first kappa shape index (κ1) is 61.8. The van der Waals surface area contributed by atoms with Gasteiger partial charge in [0.2, 0.25) is 23.6 Å². The average Bonchev–Trinajstić information content (AvgIpc) is 4.34. The number of aliphatic hydroxyl groups is 2. The van der Waals surface area contributed by atoms with Crippen molar-refractivity contribution in [3.63, 3.8) is 0 Å². The van der Waals surface area contributed by atoms with Crippen molar-refractivity contribution < 1.29 is 58.5 Å². The van der Waals surface area contributed by atoms with E-state index in [-0.39, 0.29) is 108 Å². The molecule has 0 radical (unpaired) electrons. The number of likely N-dealkylation sites (tertiary alicyclic amines) is 1. The van der Waals surface area contributed by atoms with Gasteiger partial charge in [-0.3, -0.25) is 58.6 Å². The highest BCUT2D eigenvalue weighted by Gasteiger charge is 2.77. The van der Waals surface area contributed by atoms with Gasteiger partial charge in [-0.15, -0.1) is 11.3 Å². The number of aliphatic imine (C=N–C) groups is 2. The monoisotopic (exact) mass is 1150 g/mol. The first-order valence-corrected chi connectivity index (χ1v) is 28.5. The van der Waals surface area contributed by atoms with Gasteiger partial charge >= 0.3 is 5.97 Å². The summed E-state index contributed by atoms with van der Waals surface area (Å²) in [6.45, 7) is -1.80. The maximum absolute atomic E-state index is 16.3. The van der Waals surface area contributed by atoms with E-state index in [1.165, 1.54) is 22.4 Å². The van der Waals surface area contributed by atoms with Crippen LogP contribution in [0.2, 0.25) is 0 Å². The fourth-order valence-electron chi connectivity index (χ4n) is 12.7. The maximum atomic E-state index is 16.3. The van der Waals surface area contributed by atoms with Crippen molar-refractivity contribution in [3.05, 3.63) is 51.5 Å². The molecule has 3 saturated heterocycles. The summed E-state index contributed by atoms with van der Waals surface area (Å²) in [6, 6.07) is -4.37. The number of pyridine rings is 1. The molecular formula is C53H77N15O12S. The molecule has 3 unspecified atom stereocenters. The number of Topliss-reactive ketones (excluding diaryl/α,β-unsaturated/α-hetero) is 4. The standard InChI is InChI=1S/C53H77N15O12S/c54-32(12-4-17-61-50(56)57)45(75)65-34(13-5-18-62-51(58)59)48(78)68-20-6-14-37(68)41(72)31-11-3-15-38-52(31,39(71)25-64-47(77)35-22-28(70)24-63-35)43(42(73)40-30-10-2-1-8-27(30)16-19-60-40)53(67-38,49(79)80)44(74)36(26-69)66-46(76)33(55)23-29-9-7-21-81-29/h7,9,16,19,21,28,31-38,43,63,67,69-70H,1-6,8,10-15,17-18,20,22-26,54-55H2,(H,64,77)(H,65,75)(H,66,76)(H,79,80)(H4,56,57,61)(H4,58,59,62)/t28?,31?,32-,33+,34+,35+,36+,37+,38+,43?,52+,53+/m1/s1. The van der Waals surface area contributed by atoms with Crippen LogP contribution in [0, 0.1) is 17.3 Å². The van der Waals surface area contributed by atoms with E-state index in [1.54, 1.807) is 23.6 Å². The van der Waals surface area contributed by atoms with Gasteiger partial charge in [0.15, 0.2) is 40.6 Å². The van der Waals surface area contributed by atoms with Crippen molar-refractivity contribution in [2.75, 3.05) is 39.3 Å². The number of nitrogens with two attached hydrogens (primary N) is 6. The Hall–Kier alpha value is -6.82. The second kappa shape index (κ2) is 27.3. The summed E-state index contributed by atoms with van der Waals surface area (Å²) in [5, 5.41) is 48.4. The molecule has 0 aromatic carbocycles. The zero-order valence-electron chi connectivity index (χ0n) is 45.2. The van der Waals surface area contributed by atoms with Crippen LogP contribution in [-0.2, 0) is 57.6 Å². The highest BCUT2D eigenvalue weighted by atomic mass is 32.1. The van der Waals surface area contributed by atoms with Crippen molar-refractivity contribution in [1.29, 1.82) is 0 Å². The van der Waals surface area contributed by atoms with Crippen molar-refractivity contribution in [2.45, 2.75) is 150 Å². The summed E-state index contributed by atoms with van der Waals surface area (Å²) in [4.78, 5) is 150. The number of β-amino-alcohol motifs (C(OH)–C–C–N with tert-alkyl or cyclic N) is 1. The van der Waals surface area contributed by atoms with Gasteiger partial charge in [0.25, 0.3) is 0 Å². The van der Waals surface area contributed by atoms with Gasteiger partial charge in [-0.05, 0) is 112 Å². The molecule has 28 heteroatoms. The fraction of sp³-hybridized carbons (Fsp3) is 0.623. The van der Waals surface area contributed by atoms with E-state index in [0.29, 0.717) is 36.1 Å². The molecule has 1 saturated carbocycles. The number of carboxylic acids is 1. The lowest BCUT2D eigenvalue weighted by atomic mass is 9.51. The number of ketones is 4. The van der Waals surface area contributed by atoms with Crippen LogP contribution in [0.25, 0.3) is 0 Å². The molecule has 4 amide bonds. The fourth-order valence-corrected chi connectivity index (χ4v) is 13.5. The van der Waals surface area contributed by atoms with Crippen LogP contribution < -0.4 is 61.0 Å². The van der Waals surface area contributed by atoms with Gasteiger partial charge in [0.05, 0.1) is 54.8 Å². The minimum absolute atomic E-state index is 0.00963. The quantitative estimate of drug-likeness (QED) is 0.0133. The normalized spacial score (nSPS) is 26.3. The number of aliphatic hydroxyl groups excluding tert-OH is 2. The largest absolute Gasteiger partial charge is 0.480 e. The number of aliphatic carboxylic acids is 1. The van der Waals surface area contributed by atoms with Crippen molar-refractivity contribution >= 4 is 76.0 Å². The summed E-state index contributed by atoms with van der Waals surface area (Å²) >= 11 is 1.31. The summed E-state index contributed by atoms with van der Waals surface area (Å²) in [7, 11) is 0. The number of hydrogen-bond donors (Lipinski definition) is 14. The number of fused-ring (bicyclic) bond motifs is 2. The molecule has 7 rings (SSSR count). The first-order valence-electron chi connectivity index (χ1n) is 27.7. The molecule has 2 aromatic heterocycles. The van der Waals surface area contributed by atoms with E-state index in [4.69, 9.17) is 34.4 Å². The molecule has 0 spiro atoms. The zero-order valence-corrected chi connectivity index (χ0v) is 46.0. The van der Waals surface area contributed by atoms with E-state index in [9.17, 15) is 34.5 Å². The summed E-state index contributed by atoms with van der Waals surface area (Å²) in [5.41, 5.74) is 29.8. The maximum Gasteiger partial charge on any atom is 0.332 e. The number of carboxylic acid groups (broad SMARTS) is 1. The zero-order chi connectivity index (χ0) is 58.8. The van der Waals surface area contributed by atoms with Crippen LogP contribution in [0.3, 0.4) is 0 Å². The third-order valence-corrected chi connectivity index (χ3v) is 17.4. The highest BCUT2D eigenvalue weighted by Crippen LogP contribution is 2.58. The van der Waals surface area contributed by atoms with Crippen molar-refractivity contribution in [1.82, 2.24) is 36.5 Å². The summed E-state index contributed by atoms with van der Waals surface area (Å²) < 4.78 is 0. The Morgan fingerprint density at radius 2 is 1.56 bits per heavy atom. The number of rotatable bonds is 27. The molecule has 0 bridgehead atoms. The predicted octanol–water partition coefficient (Wildman–Crippen LogP) is -4.09. The number of aryl methyl sites for hydroxylation is 1. The highest BCUT2D eigenvalue weighted by molar-refractivity contribution is 7.09. The van der Waals surface area contributed by atoms with E-state index in [1.807, 2.05) is 0 Å².